The molecule has 132 valence electrons. The zero-order chi connectivity index (χ0) is 17.9. The van der Waals surface area contributed by atoms with Crippen LogP contribution in [-0.2, 0) is 9.84 Å². The number of amides is 1. The number of rotatable bonds is 5. The van der Waals surface area contributed by atoms with Crippen molar-refractivity contribution in [1.82, 2.24) is 10.3 Å². The highest BCUT2D eigenvalue weighted by molar-refractivity contribution is 7.91. The van der Waals surface area contributed by atoms with Crippen LogP contribution in [0.25, 0.3) is 0 Å². The van der Waals surface area contributed by atoms with E-state index < -0.39 is 9.84 Å². The summed E-state index contributed by atoms with van der Waals surface area (Å²) in [5.41, 5.74) is 1.47. The van der Waals surface area contributed by atoms with Gasteiger partial charge < -0.3 is 10.2 Å². The highest BCUT2D eigenvalue weighted by Crippen LogP contribution is 2.23. The Balaban J connectivity index is 1.78. The molecule has 6 nitrogen and oxygen atoms in total. The number of pyridine rings is 1. The molecule has 7 heteroatoms. The van der Waals surface area contributed by atoms with Crippen LogP contribution in [0.5, 0.6) is 0 Å². The summed E-state index contributed by atoms with van der Waals surface area (Å²) < 4.78 is 23.1. The number of benzene rings is 1. The van der Waals surface area contributed by atoms with E-state index in [0.29, 0.717) is 24.3 Å². The first kappa shape index (κ1) is 17.4. The summed E-state index contributed by atoms with van der Waals surface area (Å²) >= 11 is 0. The minimum Gasteiger partial charge on any atom is -0.348 e. The first-order chi connectivity index (χ1) is 12.0. The van der Waals surface area contributed by atoms with Gasteiger partial charge in [-0.1, -0.05) is 18.2 Å². The van der Waals surface area contributed by atoms with Crippen molar-refractivity contribution < 1.29 is 13.2 Å². The second-order valence-corrected chi connectivity index (χ2v) is 8.28. The molecule has 1 aliphatic rings. The number of carbonyl (C=O) groups excluding carboxylic acids is 1. The molecule has 1 aliphatic heterocycles. The second-order valence-electron chi connectivity index (χ2n) is 6.06. The molecule has 1 amide bonds. The van der Waals surface area contributed by atoms with E-state index in [4.69, 9.17) is 0 Å². The van der Waals surface area contributed by atoms with Gasteiger partial charge in [-0.2, -0.15) is 0 Å². The Morgan fingerprint density at radius 2 is 2.04 bits per heavy atom. The molecule has 1 N–H and O–H groups in total. The molecule has 0 bridgehead atoms. The van der Waals surface area contributed by atoms with E-state index in [1.807, 2.05) is 42.2 Å². The number of para-hydroxylation sites is 1. The van der Waals surface area contributed by atoms with Gasteiger partial charge >= 0.3 is 0 Å². The van der Waals surface area contributed by atoms with Crippen LogP contribution in [-0.4, -0.2) is 43.4 Å². The van der Waals surface area contributed by atoms with Crippen LogP contribution in [0.1, 0.15) is 23.7 Å². The van der Waals surface area contributed by atoms with Crippen LogP contribution >= 0.6 is 0 Å². The lowest BCUT2D eigenvalue weighted by atomic mass is 10.2. The zero-order valence-corrected chi connectivity index (χ0v) is 14.9. The summed E-state index contributed by atoms with van der Waals surface area (Å²) in [7, 11) is -3.02. The van der Waals surface area contributed by atoms with E-state index in [9.17, 15) is 13.2 Å². The molecular weight excluding hydrogens is 338 g/mol. The maximum absolute atomic E-state index is 12.5. The smallest absolute Gasteiger partial charge is 0.251 e. The van der Waals surface area contributed by atoms with Crippen LogP contribution < -0.4 is 10.2 Å². The molecule has 0 saturated carbocycles. The van der Waals surface area contributed by atoms with Gasteiger partial charge in [-0.25, -0.2) is 13.4 Å². The number of aromatic nitrogens is 1. The number of nitrogens with zero attached hydrogens (tertiary/aromatic N) is 2. The van der Waals surface area contributed by atoms with Gasteiger partial charge in [0.25, 0.3) is 5.91 Å². The molecule has 1 aromatic heterocycles. The monoisotopic (exact) mass is 359 g/mol. The fourth-order valence-electron chi connectivity index (χ4n) is 2.97. The predicted molar refractivity (Wildman–Crippen MR) is 97.9 cm³/mol. The van der Waals surface area contributed by atoms with Gasteiger partial charge in [0.15, 0.2) is 9.84 Å². The molecule has 0 aliphatic carbocycles. The van der Waals surface area contributed by atoms with Gasteiger partial charge in [0.05, 0.1) is 11.5 Å². The maximum atomic E-state index is 12.5. The van der Waals surface area contributed by atoms with Crippen LogP contribution in [0.2, 0.25) is 0 Å². The van der Waals surface area contributed by atoms with E-state index >= 15 is 0 Å². The van der Waals surface area contributed by atoms with Crippen LogP contribution in [0.15, 0.2) is 48.7 Å². The van der Waals surface area contributed by atoms with E-state index in [1.54, 1.807) is 18.3 Å². The van der Waals surface area contributed by atoms with E-state index in [0.717, 1.165) is 5.69 Å². The van der Waals surface area contributed by atoms with Gasteiger partial charge in [-0.15, -0.1) is 0 Å². The number of hydrogen-bond donors (Lipinski definition) is 1. The molecule has 0 spiro atoms. The number of anilines is 2. The van der Waals surface area contributed by atoms with Gasteiger partial charge in [0, 0.05) is 30.0 Å². The Morgan fingerprint density at radius 3 is 2.68 bits per heavy atom. The molecule has 2 aromatic rings. The van der Waals surface area contributed by atoms with Crippen molar-refractivity contribution in [3.05, 3.63) is 54.2 Å². The van der Waals surface area contributed by atoms with Gasteiger partial charge in [-0.05, 0) is 37.6 Å². The van der Waals surface area contributed by atoms with Gasteiger partial charge in [0.2, 0.25) is 0 Å². The van der Waals surface area contributed by atoms with Crippen LogP contribution in [0.3, 0.4) is 0 Å². The number of hydrogen-bond acceptors (Lipinski definition) is 5. The number of sulfone groups is 1. The SMILES string of the molecule is CCN(c1ccccc1)c1cc(C(=O)NC2CCS(=O)(=O)C2)ccn1. The second kappa shape index (κ2) is 7.23. The molecule has 2 heterocycles. The average Bonchev–Trinajstić information content (AvgIpc) is 2.95. The number of nitrogens with one attached hydrogen (secondary N) is 1. The first-order valence-electron chi connectivity index (χ1n) is 8.28. The largest absolute Gasteiger partial charge is 0.348 e. The third-order valence-electron chi connectivity index (χ3n) is 4.24. The summed E-state index contributed by atoms with van der Waals surface area (Å²) in [4.78, 5) is 18.8. The van der Waals surface area contributed by atoms with Crippen molar-refractivity contribution in [1.29, 1.82) is 0 Å². The topological polar surface area (TPSA) is 79.4 Å². The standard InChI is InChI=1S/C18H21N3O3S/c1-2-21(16-6-4-3-5-7-16)17-12-14(8-10-19-17)18(22)20-15-9-11-25(23,24)13-15/h3-8,10,12,15H,2,9,11,13H2,1H3,(H,20,22). The third kappa shape index (κ3) is 4.17. The van der Waals surface area contributed by atoms with E-state index in [2.05, 4.69) is 10.3 Å². The third-order valence-corrected chi connectivity index (χ3v) is 6.00. The van der Waals surface area contributed by atoms with E-state index in [-0.39, 0.29) is 23.5 Å². The quantitative estimate of drug-likeness (QED) is 0.885. The number of carbonyl (C=O) groups is 1. The van der Waals surface area contributed by atoms with Crippen molar-refractivity contribution in [3.63, 3.8) is 0 Å². The Hall–Kier alpha value is -2.41. The summed E-state index contributed by atoms with van der Waals surface area (Å²) in [5.74, 6) is 0.564. The Bertz CT molecular complexity index is 853. The lowest BCUT2D eigenvalue weighted by molar-refractivity contribution is 0.0941. The summed E-state index contributed by atoms with van der Waals surface area (Å²) in [6.07, 6.45) is 2.07. The molecule has 1 aromatic carbocycles. The molecule has 1 atom stereocenters. The highest BCUT2D eigenvalue weighted by atomic mass is 32.2. The fraction of sp³-hybridized carbons (Fsp3) is 0.333. The minimum atomic E-state index is -3.02. The maximum Gasteiger partial charge on any atom is 0.251 e. The van der Waals surface area contributed by atoms with Gasteiger partial charge in [-0.3, -0.25) is 4.79 Å². The molecule has 1 fully saturated rings. The summed E-state index contributed by atoms with van der Waals surface area (Å²) in [6, 6.07) is 12.9. The Morgan fingerprint density at radius 1 is 1.28 bits per heavy atom. The Kier molecular flexibility index (Phi) is 5.03. The first-order valence-corrected chi connectivity index (χ1v) is 10.1. The summed E-state index contributed by atoms with van der Waals surface area (Å²) in [6.45, 7) is 2.73. The summed E-state index contributed by atoms with van der Waals surface area (Å²) in [5, 5.41) is 2.81. The van der Waals surface area contributed by atoms with Gasteiger partial charge in [0.1, 0.15) is 5.82 Å². The van der Waals surface area contributed by atoms with Crippen molar-refractivity contribution in [2.24, 2.45) is 0 Å². The van der Waals surface area contributed by atoms with Crippen molar-refractivity contribution in [2.75, 3.05) is 23.0 Å². The highest BCUT2D eigenvalue weighted by Gasteiger charge is 2.29. The molecular formula is C18H21N3O3S. The lowest BCUT2D eigenvalue weighted by Crippen LogP contribution is -2.35. The van der Waals surface area contributed by atoms with E-state index in [1.165, 1.54) is 0 Å². The average molecular weight is 359 g/mol. The van der Waals surface area contributed by atoms with Crippen molar-refractivity contribution in [3.8, 4) is 0 Å². The Labute approximate surface area is 147 Å². The zero-order valence-electron chi connectivity index (χ0n) is 14.1. The molecule has 0 radical (unpaired) electrons. The lowest BCUT2D eigenvalue weighted by Gasteiger charge is -2.22. The molecule has 25 heavy (non-hydrogen) atoms. The normalized spacial score (nSPS) is 18.7. The molecule has 1 unspecified atom stereocenters. The predicted octanol–water partition coefficient (Wildman–Crippen LogP) is 2.16. The van der Waals surface area contributed by atoms with Crippen molar-refractivity contribution >= 4 is 27.2 Å². The van der Waals surface area contributed by atoms with Crippen LogP contribution in [0.4, 0.5) is 11.5 Å². The minimum absolute atomic E-state index is 0.0157. The fourth-order valence-corrected chi connectivity index (χ4v) is 4.64. The molecule has 3 rings (SSSR count). The van der Waals surface area contributed by atoms with Crippen molar-refractivity contribution in [2.45, 2.75) is 19.4 Å². The molecule has 1 saturated heterocycles. The van der Waals surface area contributed by atoms with Crippen LogP contribution in [0, 0.1) is 0 Å².